The lowest BCUT2D eigenvalue weighted by molar-refractivity contribution is 0.0963. The normalized spacial score (nSPS) is 27.6. The van der Waals surface area contributed by atoms with Gasteiger partial charge in [-0.2, -0.15) is 0 Å². The van der Waals surface area contributed by atoms with Crippen LogP contribution in [0.4, 0.5) is 5.69 Å². The van der Waals surface area contributed by atoms with Crippen molar-refractivity contribution >= 4 is 23.2 Å². The number of benzene rings is 1. The number of anilines is 1. The van der Waals surface area contributed by atoms with Crippen LogP contribution in [-0.2, 0) is 0 Å². The van der Waals surface area contributed by atoms with Crippen LogP contribution in [0.1, 0.15) is 23.2 Å². The van der Waals surface area contributed by atoms with Crippen LogP contribution in [0.5, 0.6) is 0 Å². The van der Waals surface area contributed by atoms with E-state index in [1.165, 1.54) is 12.8 Å². The predicted molar refractivity (Wildman–Crippen MR) is 77.6 cm³/mol. The summed E-state index contributed by atoms with van der Waals surface area (Å²) >= 11 is 6.20. The van der Waals surface area contributed by atoms with Gasteiger partial charge in [0.15, 0.2) is 0 Å². The Morgan fingerprint density at radius 2 is 2.26 bits per heavy atom. The highest BCUT2D eigenvalue weighted by molar-refractivity contribution is 6.33. The molecule has 0 bridgehead atoms. The standard InChI is InChI=1S/C15H17ClN2O/c1-17-15(19)10-5-6-12(16)14(8-10)18-13-7-9-3-2-4-11(9)13/h2,4-6,8-9,11,13,18H,3,7H2,1H3,(H,17,19). The lowest BCUT2D eigenvalue weighted by Gasteiger charge is -2.41. The number of hydrogen-bond acceptors (Lipinski definition) is 2. The molecule has 3 unspecified atom stereocenters. The fourth-order valence-corrected chi connectivity index (χ4v) is 3.18. The van der Waals surface area contributed by atoms with Crippen LogP contribution < -0.4 is 10.6 Å². The summed E-state index contributed by atoms with van der Waals surface area (Å²) in [6.07, 6.45) is 6.94. The second-order valence-corrected chi connectivity index (χ2v) is 5.67. The summed E-state index contributed by atoms with van der Waals surface area (Å²) in [6, 6.07) is 5.79. The molecule has 0 heterocycles. The van der Waals surface area contributed by atoms with Gasteiger partial charge in [-0.15, -0.1) is 0 Å². The molecule has 3 rings (SSSR count). The summed E-state index contributed by atoms with van der Waals surface area (Å²) in [6.45, 7) is 0. The molecule has 3 nitrogen and oxygen atoms in total. The Kier molecular flexibility index (Phi) is 3.23. The van der Waals surface area contributed by atoms with E-state index >= 15 is 0 Å². The van der Waals surface area contributed by atoms with Crippen molar-refractivity contribution < 1.29 is 4.79 Å². The average molecular weight is 277 g/mol. The number of nitrogens with one attached hydrogen (secondary N) is 2. The third kappa shape index (κ3) is 2.23. The minimum Gasteiger partial charge on any atom is -0.380 e. The quantitative estimate of drug-likeness (QED) is 0.833. The molecule has 0 aliphatic heterocycles. The summed E-state index contributed by atoms with van der Waals surface area (Å²) in [5.41, 5.74) is 1.48. The highest BCUT2D eigenvalue weighted by Crippen LogP contribution is 2.44. The highest BCUT2D eigenvalue weighted by atomic mass is 35.5. The number of carbonyl (C=O) groups excluding carboxylic acids is 1. The van der Waals surface area contributed by atoms with Gasteiger partial charge in [0.05, 0.1) is 10.7 Å². The molecule has 1 aromatic carbocycles. The number of fused-ring (bicyclic) bond motifs is 1. The Morgan fingerprint density at radius 3 is 3.00 bits per heavy atom. The monoisotopic (exact) mass is 276 g/mol. The second-order valence-electron chi connectivity index (χ2n) is 5.26. The summed E-state index contributed by atoms with van der Waals surface area (Å²) in [5, 5.41) is 6.76. The van der Waals surface area contributed by atoms with Crippen LogP contribution in [0.25, 0.3) is 0 Å². The van der Waals surface area contributed by atoms with Gasteiger partial charge in [-0.1, -0.05) is 23.8 Å². The average Bonchev–Trinajstić information content (AvgIpc) is 2.78. The van der Waals surface area contributed by atoms with E-state index in [0.717, 1.165) is 11.6 Å². The lowest BCUT2D eigenvalue weighted by Crippen LogP contribution is -2.43. The van der Waals surface area contributed by atoms with E-state index < -0.39 is 0 Å². The molecule has 1 saturated carbocycles. The summed E-state index contributed by atoms with van der Waals surface area (Å²) in [4.78, 5) is 11.6. The third-order valence-electron chi connectivity index (χ3n) is 4.16. The van der Waals surface area contributed by atoms with E-state index in [4.69, 9.17) is 11.6 Å². The first-order chi connectivity index (χ1) is 9.19. The predicted octanol–water partition coefficient (Wildman–Crippen LogP) is 3.08. The Balaban J connectivity index is 1.76. The van der Waals surface area contributed by atoms with Crippen molar-refractivity contribution in [2.75, 3.05) is 12.4 Å². The van der Waals surface area contributed by atoms with Crippen molar-refractivity contribution in [3.05, 3.63) is 40.9 Å². The van der Waals surface area contributed by atoms with Gasteiger partial charge in [0, 0.05) is 24.6 Å². The van der Waals surface area contributed by atoms with Gasteiger partial charge in [0.25, 0.3) is 5.91 Å². The van der Waals surface area contributed by atoms with Gasteiger partial charge in [-0.25, -0.2) is 0 Å². The van der Waals surface area contributed by atoms with Crippen LogP contribution in [0.2, 0.25) is 5.02 Å². The largest absolute Gasteiger partial charge is 0.380 e. The topological polar surface area (TPSA) is 41.1 Å². The fourth-order valence-electron chi connectivity index (χ4n) is 3.00. The SMILES string of the molecule is CNC(=O)c1ccc(Cl)c(NC2CC3CC=CC32)c1. The molecule has 1 aromatic rings. The maximum atomic E-state index is 11.6. The molecule has 0 spiro atoms. The highest BCUT2D eigenvalue weighted by Gasteiger charge is 2.41. The minimum absolute atomic E-state index is 0.0908. The first-order valence-corrected chi connectivity index (χ1v) is 7.01. The second kappa shape index (κ2) is 4.89. The minimum atomic E-state index is -0.0908. The molecule has 2 N–H and O–H groups in total. The number of halogens is 1. The zero-order valence-electron chi connectivity index (χ0n) is 10.8. The van der Waals surface area contributed by atoms with Crippen LogP contribution in [0, 0.1) is 11.8 Å². The van der Waals surface area contributed by atoms with Gasteiger partial charge < -0.3 is 10.6 Å². The molecule has 100 valence electrons. The van der Waals surface area contributed by atoms with Gasteiger partial charge in [0.2, 0.25) is 0 Å². The summed E-state index contributed by atoms with van der Waals surface area (Å²) < 4.78 is 0. The molecule has 1 fully saturated rings. The van der Waals surface area contributed by atoms with Crippen LogP contribution in [-0.4, -0.2) is 19.0 Å². The van der Waals surface area contributed by atoms with Crippen molar-refractivity contribution in [1.29, 1.82) is 0 Å². The number of rotatable bonds is 3. The molecule has 0 saturated heterocycles. The van der Waals surface area contributed by atoms with E-state index in [-0.39, 0.29) is 5.91 Å². The van der Waals surface area contributed by atoms with Crippen LogP contribution >= 0.6 is 11.6 Å². The van der Waals surface area contributed by atoms with Crippen molar-refractivity contribution in [1.82, 2.24) is 5.32 Å². The Labute approximate surface area is 118 Å². The van der Waals surface area contributed by atoms with Crippen LogP contribution in [0.15, 0.2) is 30.4 Å². The molecular weight excluding hydrogens is 260 g/mol. The molecule has 4 heteroatoms. The van der Waals surface area contributed by atoms with E-state index in [1.54, 1.807) is 19.2 Å². The molecule has 0 radical (unpaired) electrons. The zero-order valence-corrected chi connectivity index (χ0v) is 11.6. The van der Waals surface area contributed by atoms with Gasteiger partial charge in [-0.3, -0.25) is 4.79 Å². The molecule has 0 aromatic heterocycles. The van der Waals surface area contributed by atoms with Crippen molar-refractivity contribution in [3.8, 4) is 0 Å². The van der Waals surface area contributed by atoms with E-state index in [2.05, 4.69) is 22.8 Å². The summed E-state index contributed by atoms with van der Waals surface area (Å²) in [7, 11) is 1.63. The zero-order chi connectivity index (χ0) is 13.4. The van der Waals surface area contributed by atoms with Crippen molar-refractivity contribution in [2.24, 2.45) is 11.8 Å². The Hall–Kier alpha value is -1.48. The van der Waals surface area contributed by atoms with E-state index in [0.29, 0.717) is 22.5 Å². The number of allylic oxidation sites excluding steroid dienone is 1. The molecule has 19 heavy (non-hydrogen) atoms. The van der Waals surface area contributed by atoms with Crippen LogP contribution in [0.3, 0.4) is 0 Å². The maximum Gasteiger partial charge on any atom is 0.251 e. The van der Waals surface area contributed by atoms with Gasteiger partial charge >= 0.3 is 0 Å². The van der Waals surface area contributed by atoms with E-state index in [1.807, 2.05) is 6.07 Å². The Bertz CT molecular complexity index is 541. The first-order valence-electron chi connectivity index (χ1n) is 6.64. The molecule has 1 amide bonds. The first kappa shape index (κ1) is 12.5. The van der Waals surface area contributed by atoms with Gasteiger partial charge in [0.1, 0.15) is 0 Å². The van der Waals surface area contributed by atoms with Gasteiger partial charge in [-0.05, 0) is 37.0 Å². The molecule has 3 atom stereocenters. The fraction of sp³-hybridized carbons (Fsp3) is 0.400. The summed E-state index contributed by atoms with van der Waals surface area (Å²) in [5.74, 6) is 1.34. The van der Waals surface area contributed by atoms with Crippen molar-refractivity contribution in [2.45, 2.75) is 18.9 Å². The number of amides is 1. The maximum absolute atomic E-state index is 11.6. The molecule has 2 aliphatic rings. The third-order valence-corrected chi connectivity index (χ3v) is 4.49. The lowest BCUT2D eigenvalue weighted by atomic mass is 9.71. The van der Waals surface area contributed by atoms with E-state index in [9.17, 15) is 4.79 Å². The molecular formula is C15H17ClN2O. The molecule has 2 aliphatic carbocycles. The number of carbonyl (C=O) groups is 1. The Morgan fingerprint density at radius 1 is 1.42 bits per heavy atom. The van der Waals surface area contributed by atoms with Crippen molar-refractivity contribution in [3.63, 3.8) is 0 Å². The number of hydrogen-bond donors (Lipinski definition) is 2. The smallest absolute Gasteiger partial charge is 0.251 e.